The van der Waals surface area contributed by atoms with E-state index in [1.165, 1.54) is 0 Å². The van der Waals surface area contributed by atoms with Crippen molar-refractivity contribution in [3.63, 3.8) is 0 Å². The third-order valence-electron chi connectivity index (χ3n) is 8.15. The number of alkyl halides is 6. The summed E-state index contributed by atoms with van der Waals surface area (Å²) in [6, 6.07) is 13.7. The Morgan fingerprint density at radius 2 is 1.58 bits per heavy atom. The van der Waals surface area contributed by atoms with Crippen LogP contribution in [-0.4, -0.2) is 112 Å². The molecule has 2 aliphatic heterocycles. The predicted octanol–water partition coefficient (Wildman–Crippen LogP) is 3.86. The summed E-state index contributed by atoms with van der Waals surface area (Å²) in [5.41, 5.74) is 2.73. The molecule has 1 aromatic carbocycles. The summed E-state index contributed by atoms with van der Waals surface area (Å²) in [7, 11) is 0. The number of nitrogens with one attached hydrogen (secondary N) is 1. The fourth-order valence-corrected chi connectivity index (χ4v) is 5.80. The van der Waals surface area contributed by atoms with Crippen LogP contribution in [0.1, 0.15) is 36.6 Å². The molecule has 17 heteroatoms. The molecular formula is C33H38F6N6O5. The van der Waals surface area contributed by atoms with Crippen molar-refractivity contribution in [2.45, 2.75) is 51.6 Å². The quantitative estimate of drug-likeness (QED) is 0.262. The number of carbonyl (C=O) groups is 4. The van der Waals surface area contributed by atoms with Gasteiger partial charge in [0.25, 0.3) is 5.91 Å². The Labute approximate surface area is 284 Å². The van der Waals surface area contributed by atoms with E-state index in [9.17, 15) is 45.5 Å². The first-order valence-electron chi connectivity index (χ1n) is 16.0. The molecule has 0 radical (unpaired) electrons. The molecule has 11 nitrogen and oxygen atoms in total. The number of imidazole rings is 1. The predicted molar refractivity (Wildman–Crippen MR) is 168 cm³/mol. The van der Waals surface area contributed by atoms with E-state index in [1.807, 2.05) is 56.8 Å². The van der Waals surface area contributed by atoms with Gasteiger partial charge < -0.3 is 24.4 Å². The molecule has 0 saturated carbocycles. The maximum Gasteiger partial charge on any atom is 0.458 e. The molecule has 5 rings (SSSR count). The number of carbonyl (C=O) groups excluding carboxylic acids is 4. The summed E-state index contributed by atoms with van der Waals surface area (Å²) in [5.74, 6) is -6.17. The second-order valence-electron chi connectivity index (χ2n) is 12.3. The zero-order chi connectivity index (χ0) is 36.6. The van der Waals surface area contributed by atoms with Crippen LogP contribution < -0.4 is 5.32 Å². The number of hydrogen-bond donors (Lipinski definition) is 1. The molecule has 0 aliphatic carbocycles. The van der Waals surface area contributed by atoms with Gasteiger partial charge >= 0.3 is 23.9 Å². The van der Waals surface area contributed by atoms with Crippen molar-refractivity contribution in [2.75, 3.05) is 45.9 Å². The third-order valence-corrected chi connectivity index (χ3v) is 8.15. The first-order chi connectivity index (χ1) is 23.6. The van der Waals surface area contributed by atoms with Crippen molar-refractivity contribution in [3.8, 4) is 0 Å². The summed E-state index contributed by atoms with van der Waals surface area (Å²) >= 11 is 0. The molecule has 2 saturated heterocycles. The molecule has 1 N–H and O–H groups in total. The number of amides is 2. The van der Waals surface area contributed by atoms with Gasteiger partial charge in [-0.15, -0.1) is 0 Å². The van der Waals surface area contributed by atoms with E-state index < -0.39 is 23.9 Å². The second kappa shape index (κ2) is 16.6. The number of aryl methyl sites for hydroxylation is 2. The molecule has 0 unspecified atom stereocenters. The topological polar surface area (TPSA) is 127 Å². The SMILES string of the molecule is CC(C)CN(C(=O)c1nc2ccccc2n1CCc1ccccn1)[C@@H]1CNC[C@H](C(=O)N2CCOCC2)C1.O=C(C(=O)C(F)(F)F)C(F)(F)F. The molecule has 3 aromatic rings. The Balaban J connectivity index is 0.000000402. The van der Waals surface area contributed by atoms with Gasteiger partial charge in [0.1, 0.15) is 0 Å². The number of rotatable bonds is 9. The Morgan fingerprint density at radius 3 is 2.18 bits per heavy atom. The molecule has 2 atom stereocenters. The monoisotopic (exact) mass is 712 g/mol. The largest absolute Gasteiger partial charge is 0.458 e. The van der Waals surface area contributed by atoms with Crippen molar-refractivity contribution in [1.82, 2.24) is 29.7 Å². The number of pyridine rings is 1. The molecule has 0 spiro atoms. The van der Waals surface area contributed by atoms with Gasteiger partial charge in [-0.2, -0.15) is 26.3 Å². The van der Waals surface area contributed by atoms with Crippen LogP contribution in [-0.2, 0) is 32.1 Å². The van der Waals surface area contributed by atoms with Gasteiger partial charge in [0.2, 0.25) is 5.91 Å². The zero-order valence-electron chi connectivity index (χ0n) is 27.5. The molecule has 0 bridgehead atoms. The Bertz CT molecular complexity index is 1620. The number of ether oxygens (including phenoxy) is 1. The van der Waals surface area contributed by atoms with Gasteiger partial charge in [-0.05, 0) is 36.6 Å². The van der Waals surface area contributed by atoms with Gasteiger partial charge in [0.05, 0.1) is 30.2 Å². The normalized spacial score (nSPS) is 18.4. The number of hydrogen-bond acceptors (Lipinski definition) is 8. The zero-order valence-corrected chi connectivity index (χ0v) is 27.5. The first-order valence-corrected chi connectivity index (χ1v) is 16.0. The summed E-state index contributed by atoms with van der Waals surface area (Å²) in [6.07, 6.45) is -8.40. The standard InChI is InChI=1S/C29H38N6O3.C4F6O2/c1-21(2)20-35(24-17-22(18-30-19-24)28(36)33-13-15-38-16-14-33)29(37)27-32-25-8-3-4-9-26(25)34(27)12-10-23-7-5-6-11-31-23;5-3(6,7)1(11)2(12)4(8,9)10/h3-9,11,21-22,24,30H,10,12-20H2,1-2H3;/t22-,24+;/m1./s1. The number of ketones is 2. The van der Waals surface area contributed by atoms with Gasteiger partial charge in [-0.3, -0.25) is 24.2 Å². The number of para-hydroxylation sites is 2. The lowest BCUT2D eigenvalue weighted by molar-refractivity contribution is -0.193. The summed E-state index contributed by atoms with van der Waals surface area (Å²) in [4.78, 5) is 59.9. The number of benzene rings is 1. The van der Waals surface area contributed by atoms with E-state index in [0.717, 1.165) is 16.7 Å². The van der Waals surface area contributed by atoms with E-state index in [2.05, 4.69) is 24.1 Å². The van der Waals surface area contributed by atoms with Crippen LogP contribution in [0.3, 0.4) is 0 Å². The highest BCUT2D eigenvalue weighted by molar-refractivity contribution is 6.41. The number of piperidine rings is 1. The van der Waals surface area contributed by atoms with Crippen LogP contribution in [0.4, 0.5) is 26.3 Å². The highest BCUT2D eigenvalue weighted by Crippen LogP contribution is 2.25. The van der Waals surface area contributed by atoms with Crippen molar-refractivity contribution in [3.05, 3.63) is 60.2 Å². The van der Waals surface area contributed by atoms with E-state index in [1.54, 1.807) is 6.20 Å². The van der Waals surface area contributed by atoms with Crippen LogP contribution in [0.2, 0.25) is 0 Å². The number of fused-ring (bicyclic) bond motifs is 1. The van der Waals surface area contributed by atoms with Gasteiger partial charge in [-0.25, -0.2) is 4.98 Å². The highest BCUT2D eigenvalue weighted by Gasteiger charge is 2.54. The Kier molecular flexibility index (Phi) is 12.7. The molecule has 2 aromatic heterocycles. The van der Waals surface area contributed by atoms with Gasteiger partial charge in [0.15, 0.2) is 5.82 Å². The average molecular weight is 713 g/mol. The van der Waals surface area contributed by atoms with Crippen LogP contribution in [0, 0.1) is 11.8 Å². The fraction of sp³-hybridized carbons (Fsp3) is 0.515. The Morgan fingerprint density at radius 1 is 0.940 bits per heavy atom. The minimum atomic E-state index is -5.77. The van der Waals surface area contributed by atoms with E-state index in [-0.39, 0.29) is 29.7 Å². The molecule has 2 fully saturated rings. The van der Waals surface area contributed by atoms with Crippen LogP contribution >= 0.6 is 0 Å². The maximum atomic E-state index is 14.2. The number of halogens is 6. The molecule has 50 heavy (non-hydrogen) atoms. The molecule has 272 valence electrons. The minimum absolute atomic E-state index is 0.0813. The molecule has 4 heterocycles. The van der Waals surface area contributed by atoms with Crippen molar-refractivity contribution < 1.29 is 50.3 Å². The number of Topliss-reactive ketones (excluding diaryl/α,β-unsaturated/α-hetero) is 2. The fourth-order valence-electron chi connectivity index (χ4n) is 5.80. The average Bonchev–Trinajstić information content (AvgIpc) is 3.47. The molecule has 2 amide bonds. The van der Waals surface area contributed by atoms with Crippen LogP contribution in [0.5, 0.6) is 0 Å². The van der Waals surface area contributed by atoms with Crippen LogP contribution in [0.25, 0.3) is 11.0 Å². The van der Waals surface area contributed by atoms with Crippen LogP contribution in [0.15, 0.2) is 48.7 Å². The maximum absolute atomic E-state index is 14.2. The lowest BCUT2D eigenvalue weighted by Gasteiger charge is -2.40. The summed E-state index contributed by atoms with van der Waals surface area (Å²) in [6.45, 7) is 9.20. The van der Waals surface area contributed by atoms with Crippen molar-refractivity contribution in [1.29, 1.82) is 0 Å². The number of morpholine rings is 1. The number of aromatic nitrogens is 3. The number of nitrogens with zero attached hydrogens (tertiary/aromatic N) is 5. The second-order valence-corrected chi connectivity index (χ2v) is 12.3. The highest BCUT2D eigenvalue weighted by atomic mass is 19.4. The summed E-state index contributed by atoms with van der Waals surface area (Å²) in [5, 5.41) is 3.44. The van der Waals surface area contributed by atoms with Gasteiger partial charge in [-0.1, -0.05) is 32.0 Å². The van der Waals surface area contributed by atoms with E-state index >= 15 is 0 Å². The lowest BCUT2D eigenvalue weighted by atomic mass is 9.92. The first kappa shape index (κ1) is 38.4. The van der Waals surface area contributed by atoms with E-state index in [0.29, 0.717) is 71.1 Å². The van der Waals surface area contributed by atoms with E-state index in [4.69, 9.17) is 9.72 Å². The molecular weight excluding hydrogens is 674 g/mol. The molecule has 2 aliphatic rings. The lowest BCUT2D eigenvalue weighted by Crippen LogP contribution is -2.56. The Hall–Kier alpha value is -4.38. The van der Waals surface area contributed by atoms with Crippen molar-refractivity contribution in [2.24, 2.45) is 11.8 Å². The third kappa shape index (κ3) is 9.87. The van der Waals surface area contributed by atoms with Crippen molar-refractivity contribution >= 4 is 34.4 Å². The minimum Gasteiger partial charge on any atom is -0.378 e. The summed E-state index contributed by atoms with van der Waals surface area (Å²) < 4.78 is 74.4. The van der Waals surface area contributed by atoms with Gasteiger partial charge in [0, 0.05) is 63.6 Å². The smallest absolute Gasteiger partial charge is 0.378 e.